The van der Waals surface area contributed by atoms with Crippen molar-refractivity contribution in [3.8, 4) is 0 Å². The standard InChI is InChI=1S/C13H15N3O5S/c17-8-6-14-13(18)11-5-7-16(15-11)9-10-3-1-2-4-12(10)22(19,20)21/h1-5,7,17H,6,8-9H2,(H,14,18)(H,19,20,21). The fraction of sp³-hybridized carbons (Fsp3) is 0.231. The highest BCUT2D eigenvalue weighted by Crippen LogP contribution is 2.16. The van der Waals surface area contributed by atoms with Crippen molar-refractivity contribution in [1.82, 2.24) is 15.1 Å². The first-order chi connectivity index (χ1) is 10.4. The van der Waals surface area contributed by atoms with Crippen LogP contribution in [0.4, 0.5) is 0 Å². The van der Waals surface area contributed by atoms with Crippen molar-refractivity contribution in [3.05, 3.63) is 47.8 Å². The number of aliphatic hydroxyl groups excluding tert-OH is 1. The van der Waals surface area contributed by atoms with Gasteiger partial charge < -0.3 is 10.4 Å². The zero-order valence-electron chi connectivity index (χ0n) is 11.5. The number of hydrogen-bond acceptors (Lipinski definition) is 5. The lowest BCUT2D eigenvalue weighted by Gasteiger charge is -2.07. The number of hydrogen-bond donors (Lipinski definition) is 3. The lowest BCUT2D eigenvalue weighted by molar-refractivity contribution is 0.0939. The van der Waals surface area contributed by atoms with Gasteiger partial charge in [-0.05, 0) is 17.7 Å². The summed E-state index contributed by atoms with van der Waals surface area (Å²) in [4.78, 5) is 11.5. The van der Waals surface area contributed by atoms with E-state index in [4.69, 9.17) is 5.11 Å². The maximum Gasteiger partial charge on any atom is 0.294 e. The summed E-state index contributed by atoms with van der Waals surface area (Å²) in [7, 11) is -4.32. The molecule has 0 fully saturated rings. The second-order valence-electron chi connectivity index (χ2n) is 4.46. The zero-order valence-corrected chi connectivity index (χ0v) is 12.3. The van der Waals surface area contributed by atoms with Gasteiger partial charge >= 0.3 is 0 Å². The lowest BCUT2D eigenvalue weighted by Crippen LogP contribution is -2.26. The van der Waals surface area contributed by atoms with Crippen LogP contribution in [0.15, 0.2) is 41.4 Å². The van der Waals surface area contributed by atoms with E-state index in [1.165, 1.54) is 29.1 Å². The van der Waals surface area contributed by atoms with Crippen LogP contribution in [0.25, 0.3) is 0 Å². The molecule has 0 saturated carbocycles. The van der Waals surface area contributed by atoms with E-state index in [-0.39, 0.29) is 30.3 Å². The molecule has 3 N–H and O–H groups in total. The molecule has 1 amide bonds. The molecular formula is C13H15N3O5S. The molecule has 1 heterocycles. The van der Waals surface area contributed by atoms with Gasteiger partial charge in [0.2, 0.25) is 0 Å². The molecule has 22 heavy (non-hydrogen) atoms. The third kappa shape index (κ3) is 3.91. The number of nitrogens with one attached hydrogen (secondary N) is 1. The third-order valence-corrected chi connectivity index (χ3v) is 3.81. The van der Waals surface area contributed by atoms with Crippen molar-refractivity contribution in [3.63, 3.8) is 0 Å². The molecule has 8 nitrogen and oxygen atoms in total. The number of carbonyl (C=O) groups is 1. The highest BCUT2D eigenvalue weighted by Gasteiger charge is 2.16. The Morgan fingerprint density at radius 3 is 2.68 bits per heavy atom. The van der Waals surface area contributed by atoms with Crippen LogP contribution >= 0.6 is 0 Å². The Morgan fingerprint density at radius 1 is 1.27 bits per heavy atom. The number of carbonyl (C=O) groups excluding carboxylic acids is 1. The fourth-order valence-corrected chi connectivity index (χ4v) is 2.61. The van der Waals surface area contributed by atoms with Gasteiger partial charge in [0.05, 0.1) is 18.0 Å². The summed E-state index contributed by atoms with van der Waals surface area (Å²) in [6, 6.07) is 7.47. The highest BCUT2D eigenvalue weighted by molar-refractivity contribution is 7.85. The quantitative estimate of drug-likeness (QED) is 0.638. The van der Waals surface area contributed by atoms with Gasteiger partial charge in [0, 0.05) is 12.7 Å². The molecule has 0 aliphatic heterocycles. The summed E-state index contributed by atoms with van der Waals surface area (Å²) in [6.07, 6.45) is 1.52. The summed E-state index contributed by atoms with van der Waals surface area (Å²) >= 11 is 0. The predicted octanol–water partition coefficient (Wildman–Crippen LogP) is -0.0998. The molecule has 0 saturated heterocycles. The molecule has 1 aromatic heterocycles. The molecule has 2 aromatic rings. The SMILES string of the molecule is O=C(NCCO)c1ccn(Cc2ccccc2S(=O)(=O)O)n1. The molecule has 0 aliphatic rings. The average Bonchev–Trinajstić information content (AvgIpc) is 2.93. The zero-order chi connectivity index (χ0) is 16.2. The molecule has 1 aromatic carbocycles. The van der Waals surface area contributed by atoms with Gasteiger partial charge in [0.15, 0.2) is 0 Å². The number of rotatable bonds is 6. The van der Waals surface area contributed by atoms with Gasteiger partial charge in [0.25, 0.3) is 16.0 Å². The summed E-state index contributed by atoms with van der Waals surface area (Å²) in [5, 5.41) is 15.1. The molecule has 9 heteroatoms. The Kier molecular flexibility index (Phi) is 4.91. The Bertz CT molecular complexity index is 769. The van der Waals surface area contributed by atoms with Crippen LogP contribution in [0.1, 0.15) is 16.1 Å². The maximum absolute atomic E-state index is 11.7. The van der Waals surface area contributed by atoms with Crippen molar-refractivity contribution in [2.45, 2.75) is 11.4 Å². The normalized spacial score (nSPS) is 11.4. The molecule has 0 aliphatic carbocycles. The smallest absolute Gasteiger partial charge is 0.294 e. The molecule has 2 rings (SSSR count). The fourth-order valence-electron chi connectivity index (χ4n) is 1.89. The van der Waals surface area contributed by atoms with Gasteiger partial charge in [0.1, 0.15) is 5.69 Å². The number of aliphatic hydroxyl groups is 1. The van der Waals surface area contributed by atoms with Crippen LogP contribution in [0, 0.1) is 0 Å². The van der Waals surface area contributed by atoms with Crippen LogP contribution < -0.4 is 5.32 Å². The Labute approximate surface area is 127 Å². The van der Waals surface area contributed by atoms with Gasteiger partial charge in [-0.3, -0.25) is 14.0 Å². The van der Waals surface area contributed by atoms with Crippen molar-refractivity contribution in [1.29, 1.82) is 0 Å². The van der Waals surface area contributed by atoms with Gasteiger partial charge in [-0.25, -0.2) is 0 Å². The van der Waals surface area contributed by atoms with Crippen LogP contribution in [-0.2, 0) is 16.7 Å². The monoisotopic (exact) mass is 325 g/mol. The van der Waals surface area contributed by atoms with E-state index in [1.54, 1.807) is 12.1 Å². The second-order valence-corrected chi connectivity index (χ2v) is 5.85. The minimum absolute atomic E-state index is 0.0866. The largest absolute Gasteiger partial charge is 0.395 e. The van der Waals surface area contributed by atoms with E-state index in [0.717, 1.165) is 0 Å². The molecule has 0 radical (unpaired) electrons. The van der Waals surface area contributed by atoms with E-state index in [2.05, 4.69) is 10.4 Å². The first-order valence-electron chi connectivity index (χ1n) is 6.39. The van der Waals surface area contributed by atoms with Crippen molar-refractivity contribution in [2.24, 2.45) is 0 Å². The van der Waals surface area contributed by atoms with Crippen LogP contribution in [-0.4, -0.2) is 46.9 Å². The Morgan fingerprint density at radius 2 is 2.00 bits per heavy atom. The van der Waals surface area contributed by atoms with Crippen LogP contribution in [0.5, 0.6) is 0 Å². The minimum atomic E-state index is -4.32. The molecule has 0 spiro atoms. The average molecular weight is 325 g/mol. The molecular weight excluding hydrogens is 310 g/mol. The van der Waals surface area contributed by atoms with Gasteiger partial charge in [-0.2, -0.15) is 13.5 Å². The van der Waals surface area contributed by atoms with E-state index >= 15 is 0 Å². The van der Waals surface area contributed by atoms with E-state index in [9.17, 15) is 17.8 Å². The topological polar surface area (TPSA) is 122 Å². The van der Waals surface area contributed by atoms with E-state index < -0.39 is 16.0 Å². The van der Waals surface area contributed by atoms with Gasteiger partial charge in [-0.1, -0.05) is 18.2 Å². The Balaban J connectivity index is 2.19. The number of amides is 1. The summed E-state index contributed by atoms with van der Waals surface area (Å²) < 4.78 is 33.2. The number of nitrogens with zero attached hydrogens (tertiary/aromatic N) is 2. The van der Waals surface area contributed by atoms with Crippen molar-refractivity contribution in [2.75, 3.05) is 13.2 Å². The lowest BCUT2D eigenvalue weighted by atomic mass is 10.2. The maximum atomic E-state index is 11.7. The van der Waals surface area contributed by atoms with E-state index in [0.29, 0.717) is 5.56 Å². The first kappa shape index (κ1) is 16.1. The number of aromatic nitrogens is 2. The van der Waals surface area contributed by atoms with Gasteiger partial charge in [-0.15, -0.1) is 0 Å². The molecule has 0 unspecified atom stereocenters. The third-order valence-electron chi connectivity index (χ3n) is 2.85. The molecule has 118 valence electrons. The minimum Gasteiger partial charge on any atom is -0.395 e. The first-order valence-corrected chi connectivity index (χ1v) is 7.83. The highest BCUT2D eigenvalue weighted by atomic mass is 32.2. The molecule has 0 bridgehead atoms. The Hall–Kier alpha value is -2.23. The van der Waals surface area contributed by atoms with Crippen molar-refractivity contribution >= 4 is 16.0 Å². The predicted molar refractivity (Wildman–Crippen MR) is 77.0 cm³/mol. The van der Waals surface area contributed by atoms with Crippen LogP contribution in [0.2, 0.25) is 0 Å². The van der Waals surface area contributed by atoms with E-state index in [1.807, 2.05) is 0 Å². The molecule has 0 atom stereocenters. The summed E-state index contributed by atoms with van der Waals surface area (Å²) in [5.74, 6) is -0.434. The van der Waals surface area contributed by atoms with Crippen LogP contribution in [0.3, 0.4) is 0 Å². The van der Waals surface area contributed by atoms with Crippen molar-refractivity contribution < 1.29 is 22.9 Å². The summed E-state index contributed by atoms with van der Waals surface area (Å²) in [5.41, 5.74) is 0.508. The second kappa shape index (κ2) is 6.69. The summed E-state index contributed by atoms with van der Waals surface area (Å²) in [6.45, 7) is 0.0364. The number of benzene rings is 1.